The number of carbonyl (C=O) groups is 1. The molecule has 2 aromatic rings. The largest absolute Gasteiger partial charge is 0.496 e. The molecule has 0 aromatic heterocycles. The highest BCUT2D eigenvalue weighted by molar-refractivity contribution is 6.09. The zero-order valence-electron chi connectivity index (χ0n) is 12.1. The Kier molecular flexibility index (Phi) is 3.80. The van der Waals surface area contributed by atoms with E-state index in [1.165, 1.54) is 0 Å². The summed E-state index contributed by atoms with van der Waals surface area (Å²) in [5, 5.41) is 11.4. The summed E-state index contributed by atoms with van der Waals surface area (Å²) in [5.41, 5.74) is 0.593. The van der Waals surface area contributed by atoms with Gasteiger partial charge >= 0.3 is 0 Å². The lowest BCUT2D eigenvalue weighted by molar-refractivity contribution is 0.0676. The van der Waals surface area contributed by atoms with Gasteiger partial charge in [0.25, 0.3) is 5.91 Å². The summed E-state index contributed by atoms with van der Waals surface area (Å²) in [7, 11) is 1.58. The van der Waals surface area contributed by atoms with Gasteiger partial charge in [0.05, 0.1) is 25.3 Å². The molecule has 0 spiro atoms. The van der Waals surface area contributed by atoms with Crippen molar-refractivity contribution in [2.75, 3.05) is 20.3 Å². The van der Waals surface area contributed by atoms with Gasteiger partial charge < -0.3 is 14.7 Å². The van der Waals surface area contributed by atoms with Crippen LogP contribution in [0.5, 0.6) is 5.75 Å². The van der Waals surface area contributed by atoms with Crippen molar-refractivity contribution >= 4 is 16.7 Å². The van der Waals surface area contributed by atoms with Crippen molar-refractivity contribution < 1.29 is 14.6 Å². The van der Waals surface area contributed by atoms with Gasteiger partial charge in [-0.3, -0.25) is 4.79 Å². The number of nitrogens with zero attached hydrogens (tertiary/aromatic N) is 1. The number of hydrogen-bond donors (Lipinski definition) is 1. The molecule has 1 N–H and O–H groups in total. The molecule has 0 bridgehead atoms. The first-order chi connectivity index (χ1) is 10.3. The molecule has 0 radical (unpaired) electrons. The molecule has 1 fully saturated rings. The summed E-state index contributed by atoms with van der Waals surface area (Å²) in [4.78, 5) is 14.7. The molecule has 0 saturated carbocycles. The standard InChI is InChI=1S/C17H19NO3/c1-21-15-9-8-12-5-2-3-7-14(12)16(15)17(20)18-10-4-6-13(18)11-19/h2-3,5,7-9,13,19H,4,6,10-11H2,1H3. The number of amides is 1. The molecule has 0 aliphatic carbocycles. The SMILES string of the molecule is COc1ccc2ccccc2c1C(=O)N1CCCC1CO. The maximum atomic E-state index is 12.9. The summed E-state index contributed by atoms with van der Waals surface area (Å²) in [6, 6.07) is 11.5. The van der Waals surface area contributed by atoms with Crippen LogP contribution in [-0.4, -0.2) is 42.2 Å². The molecule has 1 saturated heterocycles. The lowest BCUT2D eigenvalue weighted by Crippen LogP contribution is -2.37. The number of hydrogen-bond acceptors (Lipinski definition) is 3. The van der Waals surface area contributed by atoms with Crippen LogP contribution < -0.4 is 4.74 Å². The van der Waals surface area contributed by atoms with Crippen LogP contribution in [0.1, 0.15) is 23.2 Å². The number of benzene rings is 2. The van der Waals surface area contributed by atoms with E-state index in [9.17, 15) is 9.90 Å². The second kappa shape index (κ2) is 5.74. The minimum atomic E-state index is -0.0822. The second-order valence-electron chi connectivity index (χ2n) is 5.34. The average molecular weight is 285 g/mol. The average Bonchev–Trinajstić information content (AvgIpc) is 3.01. The lowest BCUT2D eigenvalue weighted by Gasteiger charge is -2.24. The molecule has 1 atom stereocenters. The van der Waals surface area contributed by atoms with Crippen LogP contribution in [0.25, 0.3) is 10.8 Å². The van der Waals surface area contributed by atoms with E-state index in [1.54, 1.807) is 12.0 Å². The maximum absolute atomic E-state index is 12.9. The molecular formula is C17H19NO3. The van der Waals surface area contributed by atoms with Crippen molar-refractivity contribution in [2.24, 2.45) is 0 Å². The summed E-state index contributed by atoms with van der Waals surface area (Å²) in [6.07, 6.45) is 1.79. The summed E-state index contributed by atoms with van der Waals surface area (Å²) in [6.45, 7) is 0.704. The molecule has 1 amide bonds. The number of ether oxygens (including phenoxy) is 1. The Morgan fingerprint density at radius 3 is 2.90 bits per heavy atom. The van der Waals surface area contributed by atoms with E-state index in [1.807, 2.05) is 36.4 Å². The molecule has 4 nitrogen and oxygen atoms in total. The third-order valence-corrected chi connectivity index (χ3v) is 4.17. The van der Waals surface area contributed by atoms with Crippen LogP contribution in [0.2, 0.25) is 0 Å². The van der Waals surface area contributed by atoms with Gasteiger partial charge in [-0.2, -0.15) is 0 Å². The Morgan fingerprint density at radius 2 is 2.14 bits per heavy atom. The Bertz CT molecular complexity index is 668. The first-order valence-corrected chi connectivity index (χ1v) is 7.24. The van der Waals surface area contributed by atoms with Crippen molar-refractivity contribution in [1.29, 1.82) is 0 Å². The van der Waals surface area contributed by atoms with Gasteiger partial charge in [-0.1, -0.05) is 30.3 Å². The number of fused-ring (bicyclic) bond motifs is 1. The number of aliphatic hydroxyl groups excluding tert-OH is 1. The molecule has 4 heteroatoms. The van der Waals surface area contributed by atoms with Crippen LogP contribution in [0.15, 0.2) is 36.4 Å². The van der Waals surface area contributed by atoms with Gasteiger partial charge in [0, 0.05) is 6.54 Å². The first kappa shape index (κ1) is 13.9. The van der Waals surface area contributed by atoms with Crippen molar-refractivity contribution in [3.8, 4) is 5.75 Å². The third kappa shape index (κ3) is 2.36. The van der Waals surface area contributed by atoms with E-state index in [-0.39, 0.29) is 18.6 Å². The fourth-order valence-corrected chi connectivity index (χ4v) is 3.08. The molecule has 1 heterocycles. The Morgan fingerprint density at radius 1 is 1.33 bits per heavy atom. The number of rotatable bonds is 3. The normalized spacial score (nSPS) is 18.2. The van der Waals surface area contributed by atoms with Crippen molar-refractivity contribution in [3.63, 3.8) is 0 Å². The minimum absolute atomic E-state index is 0.0127. The summed E-state index contributed by atoms with van der Waals surface area (Å²) < 4.78 is 5.39. The molecule has 3 rings (SSSR count). The van der Waals surface area contributed by atoms with Crippen LogP contribution in [0.3, 0.4) is 0 Å². The van der Waals surface area contributed by atoms with Crippen molar-refractivity contribution in [1.82, 2.24) is 4.90 Å². The van der Waals surface area contributed by atoms with Gasteiger partial charge in [-0.15, -0.1) is 0 Å². The highest BCUT2D eigenvalue weighted by Gasteiger charge is 2.31. The summed E-state index contributed by atoms with van der Waals surface area (Å²) in [5.74, 6) is 0.530. The topological polar surface area (TPSA) is 49.8 Å². The van der Waals surface area contributed by atoms with Crippen LogP contribution in [0, 0.1) is 0 Å². The number of likely N-dealkylation sites (tertiary alicyclic amines) is 1. The fourth-order valence-electron chi connectivity index (χ4n) is 3.08. The van der Waals surface area contributed by atoms with E-state index >= 15 is 0 Å². The zero-order valence-corrected chi connectivity index (χ0v) is 12.1. The predicted octanol–water partition coefficient (Wildman–Crippen LogP) is 2.45. The van der Waals surface area contributed by atoms with E-state index in [4.69, 9.17) is 4.74 Å². The zero-order chi connectivity index (χ0) is 14.8. The monoisotopic (exact) mass is 285 g/mol. The number of carbonyl (C=O) groups excluding carboxylic acids is 1. The van der Waals surface area contributed by atoms with Crippen molar-refractivity contribution in [3.05, 3.63) is 42.0 Å². The molecule has 21 heavy (non-hydrogen) atoms. The predicted molar refractivity (Wildman–Crippen MR) is 81.6 cm³/mol. The Labute approximate surface area is 123 Å². The van der Waals surface area contributed by atoms with E-state index in [0.29, 0.717) is 17.9 Å². The smallest absolute Gasteiger partial charge is 0.258 e. The second-order valence-corrected chi connectivity index (χ2v) is 5.34. The minimum Gasteiger partial charge on any atom is -0.496 e. The van der Waals surface area contributed by atoms with Gasteiger partial charge in [0.1, 0.15) is 5.75 Å². The van der Waals surface area contributed by atoms with Gasteiger partial charge in [0.15, 0.2) is 0 Å². The maximum Gasteiger partial charge on any atom is 0.258 e. The Balaban J connectivity index is 2.11. The first-order valence-electron chi connectivity index (χ1n) is 7.24. The molecule has 1 unspecified atom stereocenters. The lowest BCUT2D eigenvalue weighted by atomic mass is 10.0. The number of methoxy groups -OCH3 is 1. The van der Waals surface area contributed by atoms with E-state index < -0.39 is 0 Å². The molecule has 1 aliphatic rings. The third-order valence-electron chi connectivity index (χ3n) is 4.17. The van der Waals surface area contributed by atoms with Crippen LogP contribution in [0.4, 0.5) is 0 Å². The summed E-state index contributed by atoms with van der Waals surface area (Å²) >= 11 is 0. The quantitative estimate of drug-likeness (QED) is 0.942. The van der Waals surface area contributed by atoms with Crippen molar-refractivity contribution in [2.45, 2.75) is 18.9 Å². The fraction of sp³-hybridized carbons (Fsp3) is 0.353. The van der Waals surface area contributed by atoms with Crippen LogP contribution in [-0.2, 0) is 0 Å². The van der Waals surface area contributed by atoms with Gasteiger partial charge in [-0.05, 0) is 29.7 Å². The van der Waals surface area contributed by atoms with E-state index in [2.05, 4.69) is 0 Å². The molecule has 2 aromatic carbocycles. The molecule has 110 valence electrons. The van der Waals surface area contributed by atoms with Gasteiger partial charge in [0.2, 0.25) is 0 Å². The highest BCUT2D eigenvalue weighted by Crippen LogP contribution is 2.31. The highest BCUT2D eigenvalue weighted by atomic mass is 16.5. The van der Waals surface area contributed by atoms with Gasteiger partial charge in [-0.25, -0.2) is 0 Å². The van der Waals surface area contributed by atoms with E-state index in [0.717, 1.165) is 23.6 Å². The molecular weight excluding hydrogens is 266 g/mol. The Hall–Kier alpha value is -2.07. The molecule has 1 aliphatic heterocycles. The number of aliphatic hydroxyl groups is 1. The van der Waals surface area contributed by atoms with Crippen LogP contribution >= 0.6 is 0 Å².